The Labute approximate surface area is 103 Å². The molecule has 1 aromatic carbocycles. The van der Waals surface area contributed by atoms with Crippen LogP contribution in [0.15, 0.2) is 30.3 Å². The second kappa shape index (κ2) is 3.56. The first-order valence-corrected chi connectivity index (χ1v) is 6.84. The summed E-state index contributed by atoms with van der Waals surface area (Å²) in [4.78, 5) is 5.41. The van der Waals surface area contributed by atoms with Crippen molar-refractivity contribution in [1.82, 2.24) is 9.80 Å². The summed E-state index contributed by atoms with van der Waals surface area (Å²) in [6.45, 7) is 7.81. The Balaban J connectivity index is 1.78. The number of hydrogen-bond acceptors (Lipinski definition) is 2. The molecule has 4 heterocycles. The third-order valence-corrected chi connectivity index (χ3v) is 4.88. The largest absolute Gasteiger partial charge is 0.301 e. The average molecular weight is 228 g/mol. The van der Waals surface area contributed by atoms with Crippen LogP contribution in [0.4, 0.5) is 0 Å². The van der Waals surface area contributed by atoms with Crippen molar-refractivity contribution in [1.29, 1.82) is 0 Å². The summed E-state index contributed by atoms with van der Waals surface area (Å²) < 4.78 is 0. The summed E-state index contributed by atoms with van der Waals surface area (Å²) in [6, 6.07) is 11.2. The summed E-state index contributed by atoms with van der Waals surface area (Å²) in [5, 5.41) is 0. The summed E-state index contributed by atoms with van der Waals surface area (Å²) in [7, 11) is 0. The molecule has 4 saturated heterocycles. The minimum atomic E-state index is 0.429. The van der Waals surface area contributed by atoms with Crippen molar-refractivity contribution in [3.05, 3.63) is 35.9 Å². The Morgan fingerprint density at radius 1 is 0.941 bits per heavy atom. The molecule has 0 amide bonds. The van der Waals surface area contributed by atoms with Crippen LogP contribution in [-0.2, 0) is 5.41 Å². The van der Waals surface area contributed by atoms with Gasteiger partial charge >= 0.3 is 0 Å². The summed E-state index contributed by atoms with van der Waals surface area (Å²) in [5.41, 5.74) is 2.00. The van der Waals surface area contributed by atoms with E-state index in [-0.39, 0.29) is 0 Å². The summed E-state index contributed by atoms with van der Waals surface area (Å²) >= 11 is 0. The Morgan fingerprint density at radius 3 is 2.24 bits per heavy atom. The molecular formula is C15H20N2. The predicted octanol–water partition coefficient (Wildman–Crippen LogP) is 1.58. The third kappa shape index (κ3) is 1.54. The number of fused-ring (bicyclic) bond motifs is 1. The molecule has 17 heavy (non-hydrogen) atoms. The molecule has 90 valence electrons. The van der Waals surface area contributed by atoms with Gasteiger partial charge in [0, 0.05) is 44.7 Å². The van der Waals surface area contributed by atoms with Gasteiger partial charge in [-0.25, -0.2) is 0 Å². The van der Waals surface area contributed by atoms with Gasteiger partial charge < -0.3 is 9.80 Å². The summed E-state index contributed by atoms with van der Waals surface area (Å²) in [5.74, 6) is 0.903. The predicted molar refractivity (Wildman–Crippen MR) is 69.1 cm³/mol. The van der Waals surface area contributed by atoms with E-state index in [2.05, 4.69) is 40.1 Å². The van der Waals surface area contributed by atoms with Crippen molar-refractivity contribution < 1.29 is 0 Å². The second-order valence-corrected chi connectivity index (χ2v) is 6.19. The lowest BCUT2D eigenvalue weighted by molar-refractivity contribution is 0.0588. The highest BCUT2D eigenvalue weighted by molar-refractivity contribution is 5.29. The molecule has 0 spiro atoms. The van der Waals surface area contributed by atoms with E-state index in [0.29, 0.717) is 5.41 Å². The standard InChI is InChI=1S/C15H20N2/c1-2-4-14(5-3-1)15-8-13-9-16(11-15)6-7-17(10-13)12-15/h1-5,13H,6-12H2. The van der Waals surface area contributed by atoms with Crippen molar-refractivity contribution in [2.75, 3.05) is 39.3 Å². The van der Waals surface area contributed by atoms with Crippen molar-refractivity contribution in [3.8, 4) is 0 Å². The number of rotatable bonds is 1. The average Bonchev–Trinajstić information content (AvgIpc) is 2.57. The lowest BCUT2D eigenvalue weighted by atomic mass is 9.68. The van der Waals surface area contributed by atoms with E-state index in [9.17, 15) is 0 Å². The van der Waals surface area contributed by atoms with Crippen LogP contribution in [-0.4, -0.2) is 49.1 Å². The maximum absolute atomic E-state index is 2.70. The van der Waals surface area contributed by atoms with Crippen LogP contribution < -0.4 is 0 Å². The van der Waals surface area contributed by atoms with Crippen LogP contribution in [0.3, 0.4) is 0 Å². The topological polar surface area (TPSA) is 6.48 Å². The van der Waals surface area contributed by atoms with E-state index in [1.165, 1.54) is 45.7 Å². The molecule has 1 aromatic rings. The zero-order valence-corrected chi connectivity index (χ0v) is 10.3. The first-order chi connectivity index (χ1) is 8.34. The number of benzene rings is 1. The van der Waals surface area contributed by atoms with Gasteiger partial charge in [0.1, 0.15) is 0 Å². The van der Waals surface area contributed by atoms with Crippen LogP contribution >= 0.6 is 0 Å². The lowest BCUT2D eigenvalue weighted by Crippen LogP contribution is -2.57. The highest BCUT2D eigenvalue weighted by Gasteiger charge is 2.47. The molecule has 4 bridgehead atoms. The normalized spacial score (nSPS) is 43.6. The van der Waals surface area contributed by atoms with E-state index in [1.807, 2.05) is 0 Å². The van der Waals surface area contributed by atoms with Gasteiger partial charge in [0.25, 0.3) is 0 Å². The molecule has 0 aliphatic carbocycles. The van der Waals surface area contributed by atoms with E-state index >= 15 is 0 Å². The van der Waals surface area contributed by atoms with Crippen molar-refractivity contribution in [2.45, 2.75) is 11.8 Å². The Kier molecular flexibility index (Phi) is 2.12. The Hall–Kier alpha value is -0.860. The van der Waals surface area contributed by atoms with Crippen molar-refractivity contribution in [3.63, 3.8) is 0 Å². The van der Waals surface area contributed by atoms with Gasteiger partial charge in [0.2, 0.25) is 0 Å². The molecule has 5 rings (SSSR count). The van der Waals surface area contributed by atoms with E-state index in [0.717, 1.165) is 5.92 Å². The monoisotopic (exact) mass is 228 g/mol. The van der Waals surface area contributed by atoms with Crippen LogP contribution in [0.1, 0.15) is 12.0 Å². The van der Waals surface area contributed by atoms with Gasteiger partial charge in [-0.05, 0) is 17.9 Å². The van der Waals surface area contributed by atoms with E-state index in [1.54, 1.807) is 5.56 Å². The van der Waals surface area contributed by atoms with Gasteiger partial charge in [-0.2, -0.15) is 0 Å². The smallest absolute Gasteiger partial charge is 0.0211 e. The SMILES string of the molecule is c1ccc(C23CC4CN(CCN(C4)C2)C3)cc1. The molecule has 0 N–H and O–H groups in total. The van der Waals surface area contributed by atoms with Crippen molar-refractivity contribution in [2.24, 2.45) is 5.92 Å². The Bertz CT molecular complexity index is 398. The van der Waals surface area contributed by atoms with Crippen LogP contribution in [0.2, 0.25) is 0 Å². The fraction of sp³-hybridized carbons (Fsp3) is 0.600. The fourth-order valence-electron chi connectivity index (χ4n) is 4.35. The Morgan fingerprint density at radius 2 is 1.59 bits per heavy atom. The zero-order valence-electron chi connectivity index (χ0n) is 10.3. The fourth-order valence-corrected chi connectivity index (χ4v) is 4.35. The van der Waals surface area contributed by atoms with Gasteiger partial charge in [0.15, 0.2) is 0 Å². The van der Waals surface area contributed by atoms with Gasteiger partial charge in [-0.15, -0.1) is 0 Å². The molecule has 4 aliphatic heterocycles. The minimum Gasteiger partial charge on any atom is -0.301 e. The molecule has 2 unspecified atom stereocenters. The number of piperidine rings is 2. The highest BCUT2D eigenvalue weighted by Crippen LogP contribution is 2.42. The van der Waals surface area contributed by atoms with Crippen LogP contribution in [0, 0.1) is 5.92 Å². The number of hydrogen-bond donors (Lipinski definition) is 0. The van der Waals surface area contributed by atoms with Crippen molar-refractivity contribution >= 4 is 0 Å². The van der Waals surface area contributed by atoms with Crippen LogP contribution in [0.5, 0.6) is 0 Å². The van der Waals surface area contributed by atoms with Gasteiger partial charge in [0.05, 0.1) is 0 Å². The molecular weight excluding hydrogens is 208 g/mol. The zero-order chi connectivity index (χ0) is 11.3. The molecule has 4 fully saturated rings. The number of nitrogens with zero attached hydrogens (tertiary/aromatic N) is 2. The maximum atomic E-state index is 2.70. The molecule has 2 atom stereocenters. The maximum Gasteiger partial charge on any atom is 0.0211 e. The molecule has 0 radical (unpaired) electrons. The molecule has 2 nitrogen and oxygen atoms in total. The first-order valence-electron chi connectivity index (χ1n) is 6.84. The molecule has 4 aliphatic rings. The minimum absolute atomic E-state index is 0.429. The third-order valence-electron chi connectivity index (χ3n) is 4.88. The molecule has 0 saturated carbocycles. The second-order valence-electron chi connectivity index (χ2n) is 6.19. The van der Waals surface area contributed by atoms with E-state index in [4.69, 9.17) is 0 Å². The van der Waals surface area contributed by atoms with Crippen LogP contribution in [0.25, 0.3) is 0 Å². The van der Waals surface area contributed by atoms with Gasteiger partial charge in [-0.3, -0.25) is 0 Å². The molecule has 0 aromatic heterocycles. The quantitative estimate of drug-likeness (QED) is 0.720. The first kappa shape index (κ1) is 10.1. The highest BCUT2D eigenvalue weighted by atomic mass is 15.3. The van der Waals surface area contributed by atoms with E-state index < -0.39 is 0 Å². The molecule has 2 heteroatoms. The lowest BCUT2D eigenvalue weighted by Gasteiger charge is -2.50. The van der Waals surface area contributed by atoms with Gasteiger partial charge in [-0.1, -0.05) is 30.3 Å². The summed E-state index contributed by atoms with van der Waals surface area (Å²) in [6.07, 6.45) is 1.41.